The maximum absolute atomic E-state index is 6.62. The van der Waals surface area contributed by atoms with E-state index in [-0.39, 0.29) is 0 Å². The van der Waals surface area contributed by atoms with E-state index >= 15 is 0 Å². The van der Waals surface area contributed by atoms with Crippen molar-refractivity contribution in [2.75, 3.05) is 7.11 Å². The van der Waals surface area contributed by atoms with E-state index in [2.05, 4.69) is 26.0 Å². The highest BCUT2D eigenvalue weighted by molar-refractivity contribution is 5.23. The van der Waals surface area contributed by atoms with Crippen molar-refractivity contribution in [2.24, 2.45) is 29.1 Å². The van der Waals surface area contributed by atoms with Gasteiger partial charge in [0.05, 0.1) is 7.11 Å². The van der Waals surface area contributed by atoms with Crippen LogP contribution in [-0.4, -0.2) is 13.2 Å². The Kier molecular flexibility index (Phi) is 4.43. The molecule has 2 nitrogen and oxygen atoms in total. The first-order valence-electron chi connectivity index (χ1n) is 10.3. The first kappa shape index (κ1) is 16.5. The molecule has 1 spiro atoms. The molecule has 0 aromatic rings. The van der Waals surface area contributed by atoms with Gasteiger partial charge in [-0.25, -0.2) is 0 Å². The molecule has 6 atom stereocenters. The lowest BCUT2D eigenvalue weighted by atomic mass is 9.47. The van der Waals surface area contributed by atoms with Crippen LogP contribution in [0.4, 0.5) is 0 Å². The second-order valence-corrected chi connectivity index (χ2v) is 8.88. The normalized spacial score (nSPS) is 46.3. The van der Waals surface area contributed by atoms with Gasteiger partial charge in [0.1, 0.15) is 11.9 Å². The van der Waals surface area contributed by atoms with E-state index in [0.717, 1.165) is 41.6 Å². The fraction of sp³-hybridized carbons (Fsp3) is 0.818. The third kappa shape index (κ3) is 2.52. The number of allylic oxidation sites excluding steroid dienone is 3. The number of hydrogen-bond donors (Lipinski definition) is 0. The molecule has 1 saturated heterocycles. The molecule has 5 aliphatic rings. The summed E-state index contributed by atoms with van der Waals surface area (Å²) in [5.41, 5.74) is 0.540. The third-order valence-corrected chi connectivity index (χ3v) is 7.74. The lowest BCUT2D eigenvalue weighted by molar-refractivity contribution is -0.133. The Morgan fingerprint density at radius 2 is 2.25 bits per heavy atom. The molecule has 0 N–H and O–H groups in total. The summed E-state index contributed by atoms with van der Waals surface area (Å²) in [6.45, 7) is 4.84. The van der Waals surface area contributed by atoms with Crippen molar-refractivity contribution in [3.63, 3.8) is 0 Å². The molecule has 4 fully saturated rings. The highest BCUT2D eigenvalue weighted by atomic mass is 16.5. The van der Waals surface area contributed by atoms with Crippen molar-refractivity contribution in [2.45, 2.75) is 77.7 Å². The minimum absolute atomic E-state index is 0.462. The molecule has 4 aliphatic carbocycles. The zero-order valence-electron chi connectivity index (χ0n) is 15.7. The van der Waals surface area contributed by atoms with E-state index in [1.807, 2.05) is 0 Å². The van der Waals surface area contributed by atoms with E-state index in [1.165, 1.54) is 51.4 Å². The van der Waals surface area contributed by atoms with Crippen LogP contribution in [0, 0.1) is 29.1 Å². The van der Waals surface area contributed by atoms with Gasteiger partial charge in [-0.05, 0) is 67.8 Å². The fourth-order valence-electron chi connectivity index (χ4n) is 6.60. The summed E-state index contributed by atoms with van der Waals surface area (Å²) in [5.74, 6) is 5.37. The van der Waals surface area contributed by atoms with Crippen LogP contribution in [0.1, 0.15) is 71.6 Å². The van der Waals surface area contributed by atoms with Crippen molar-refractivity contribution in [3.05, 3.63) is 23.7 Å². The molecule has 0 radical (unpaired) electrons. The Labute approximate surface area is 147 Å². The molecule has 24 heavy (non-hydrogen) atoms. The van der Waals surface area contributed by atoms with Gasteiger partial charge in [0.15, 0.2) is 5.76 Å². The van der Waals surface area contributed by atoms with Crippen LogP contribution in [-0.2, 0) is 9.47 Å². The van der Waals surface area contributed by atoms with Crippen LogP contribution >= 0.6 is 0 Å². The van der Waals surface area contributed by atoms with Gasteiger partial charge in [0.2, 0.25) is 0 Å². The summed E-state index contributed by atoms with van der Waals surface area (Å²) in [6.07, 6.45) is 16.9. The Balaban J connectivity index is 1.70. The lowest BCUT2D eigenvalue weighted by Crippen LogP contribution is -2.55. The zero-order valence-corrected chi connectivity index (χ0v) is 15.7. The summed E-state index contributed by atoms with van der Waals surface area (Å²) in [7, 11) is 1.79. The Morgan fingerprint density at radius 3 is 3.04 bits per heavy atom. The van der Waals surface area contributed by atoms with Crippen molar-refractivity contribution in [1.29, 1.82) is 0 Å². The van der Waals surface area contributed by atoms with Crippen LogP contribution in [0.5, 0.6) is 0 Å². The average molecular weight is 331 g/mol. The maximum atomic E-state index is 6.62. The Hall–Kier alpha value is -0.920. The minimum atomic E-state index is 0.462. The van der Waals surface area contributed by atoms with E-state index in [4.69, 9.17) is 9.47 Å². The third-order valence-electron chi connectivity index (χ3n) is 7.74. The molecule has 0 aromatic heterocycles. The molecule has 2 unspecified atom stereocenters. The molecule has 5 rings (SSSR count). The highest BCUT2D eigenvalue weighted by Gasteiger charge is 2.61. The number of rotatable bonds is 4. The summed E-state index contributed by atoms with van der Waals surface area (Å²) in [6, 6.07) is 0. The van der Waals surface area contributed by atoms with Crippen LogP contribution in [0.3, 0.4) is 0 Å². The highest BCUT2D eigenvalue weighted by Crippen LogP contribution is 2.65. The van der Waals surface area contributed by atoms with Crippen molar-refractivity contribution >= 4 is 0 Å². The topological polar surface area (TPSA) is 18.5 Å². The van der Waals surface area contributed by atoms with Crippen molar-refractivity contribution < 1.29 is 9.47 Å². The number of methoxy groups -OCH3 is 1. The summed E-state index contributed by atoms with van der Waals surface area (Å²) < 4.78 is 12.3. The van der Waals surface area contributed by atoms with Crippen LogP contribution in [0.15, 0.2) is 23.7 Å². The molecule has 134 valence electrons. The molecule has 0 aromatic carbocycles. The fourth-order valence-corrected chi connectivity index (χ4v) is 6.60. The number of fused-ring (bicyclic) bond motifs is 3. The predicted molar refractivity (Wildman–Crippen MR) is 97.3 cm³/mol. The van der Waals surface area contributed by atoms with Gasteiger partial charge in [-0.2, -0.15) is 0 Å². The smallest absolute Gasteiger partial charge is 0.156 e. The molecule has 1 aliphatic heterocycles. The van der Waals surface area contributed by atoms with Crippen LogP contribution in [0.2, 0.25) is 0 Å². The van der Waals surface area contributed by atoms with Crippen LogP contribution in [0.25, 0.3) is 0 Å². The van der Waals surface area contributed by atoms with Gasteiger partial charge in [-0.15, -0.1) is 0 Å². The SMILES string of the molecule is CCC[C@H](C)C1C[C@]23CCC/C=C\C(OC)=C4/CC2[C@@H](O4)[C@H]1CC3. The number of ether oxygens (including phenoxy) is 2. The van der Waals surface area contributed by atoms with Crippen molar-refractivity contribution in [1.82, 2.24) is 0 Å². The molecular formula is C22H34O2. The first-order valence-corrected chi connectivity index (χ1v) is 10.3. The average Bonchev–Trinajstić information content (AvgIpc) is 3.05. The van der Waals surface area contributed by atoms with Gasteiger partial charge < -0.3 is 9.47 Å². The van der Waals surface area contributed by atoms with Gasteiger partial charge in [-0.1, -0.05) is 32.8 Å². The molecule has 4 bridgehead atoms. The van der Waals surface area contributed by atoms with Gasteiger partial charge in [0.25, 0.3) is 0 Å². The Morgan fingerprint density at radius 1 is 1.38 bits per heavy atom. The Bertz CT molecular complexity index is 534. The second kappa shape index (κ2) is 6.42. The molecule has 1 heterocycles. The van der Waals surface area contributed by atoms with Crippen molar-refractivity contribution in [3.8, 4) is 0 Å². The molecule has 3 saturated carbocycles. The minimum Gasteiger partial charge on any atom is -0.493 e. The summed E-state index contributed by atoms with van der Waals surface area (Å²) in [5, 5.41) is 0. The van der Waals surface area contributed by atoms with Gasteiger partial charge in [-0.3, -0.25) is 0 Å². The monoisotopic (exact) mass is 330 g/mol. The molecule has 2 heteroatoms. The maximum Gasteiger partial charge on any atom is 0.156 e. The molecule has 0 amide bonds. The standard InChI is InChI=1S/C22H34O2/c1-4-8-15(2)17-14-22-11-7-5-6-9-19(23-3)20-13-18(22)21(24-20)16(17)10-12-22/h6,9,15-18,21H,4-5,7-8,10-14H2,1-3H3/b9-6-,20-19-/t15-,16-,17?,18?,21-,22+/m0/s1. The van der Waals surface area contributed by atoms with Crippen LogP contribution < -0.4 is 0 Å². The summed E-state index contributed by atoms with van der Waals surface area (Å²) in [4.78, 5) is 0. The summed E-state index contributed by atoms with van der Waals surface area (Å²) >= 11 is 0. The first-order chi connectivity index (χ1) is 11.7. The van der Waals surface area contributed by atoms with E-state index in [1.54, 1.807) is 7.11 Å². The predicted octanol–water partition coefficient (Wildman–Crippen LogP) is 5.84. The zero-order chi connectivity index (χ0) is 16.7. The molecular weight excluding hydrogens is 296 g/mol. The quantitative estimate of drug-likeness (QED) is 0.644. The lowest BCUT2D eigenvalue weighted by Gasteiger charge is -2.58. The van der Waals surface area contributed by atoms with Gasteiger partial charge in [0, 0.05) is 12.3 Å². The van der Waals surface area contributed by atoms with E-state index < -0.39 is 0 Å². The van der Waals surface area contributed by atoms with E-state index in [0.29, 0.717) is 11.5 Å². The number of hydrogen-bond acceptors (Lipinski definition) is 2. The second-order valence-electron chi connectivity index (χ2n) is 8.88. The largest absolute Gasteiger partial charge is 0.493 e. The van der Waals surface area contributed by atoms with Gasteiger partial charge >= 0.3 is 0 Å². The van der Waals surface area contributed by atoms with E-state index in [9.17, 15) is 0 Å².